The molecule has 0 bridgehead atoms. The quantitative estimate of drug-likeness (QED) is 0.287. The summed E-state index contributed by atoms with van der Waals surface area (Å²) >= 11 is 0. The van der Waals surface area contributed by atoms with Gasteiger partial charge in [-0.1, -0.05) is 35.9 Å². The van der Waals surface area contributed by atoms with Crippen LogP contribution in [0.3, 0.4) is 0 Å². The number of carbonyl (C=O) groups excluding carboxylic acids is 5. The van der Waals surface area contributed by atoms with Crippen LogP contribution in [0.5, 0.6) is 5.75 Å². The van der Waals surface area contributed by atoms with E-state index >= 15 is 0 Å². The zero-order valence-electron chi connectivity index (χ0n) is 19.1. The Morgan fingerprint density at radius 3 is 2.51 bits per heavy atom. The monoisotopic (exact) mass is 507 g/mol. The number of aromatic hydroxyl groups is 1. The van der Waals surface area contributed by atoms with Gasteiger partial charge < -0.3 is 30.9 Å². The minimum absolute atomic E-state index is 0.173. The molecular formula is C26H21NO10. The number of fused-ring (bicyclic) bond motifs is 3. The highest BCUT2D eigenvalue weighted by atomic mass is 16.5. The number of phenols is 1. The van der Waals surface area contributed by atoms with E-state index in [-0.39, 0.29) is 17.5 Å². The third-order valence-corrected chi connectivity index (χ3v) is 7.26. The topological polar surface area (TPSA) is 202 Å². The maximum Gasteiger partial charge on any atom is 0.310 e. The fourth-order valence-corrected chi connectivity index (χ4v) is 5.56. The summed E-state index contributed by atoms with van der Waals surface area (Å²) in [6.45, 7) is 0. The Balaban J connectivity index is 1.71. The van der Waals surface area contributed by atoms with E-state index in [0.29, 0.717) is 12.0 Å². The number of aliphatic hydroxyl groups is 3. The van der Waals surface area contributed by atoms with Crippen LogP contribution in [0, 0.1) is 11.8 Å². The molecule has 1 amide bonds. The van der Waals surface area contributed by atoms with Crippen LogP contribution in [-0.2, 0) is 23.9 Å². The van der Waals surface area contributed by atoms with Gasteiger partial charge in [0.15, 0.2) is 17.2 Å². The molecule has 0 aromatic heterocycles. The average Bonchev–Trinajstić information content (AvgIpc) is 3.34. The number of rotatable bonds is 4. The maximum atomic E-state index is 13.7. The molecular weight excluding hydrogens is 486 g/mol. The summed E-state index contributed by atoms with van der Waals surface area (Å²) < 4.78 is 5.61. The number of allylic oxidation sites excluding steroid dienone is 3. The lowest BCUT2D eigenvalue weighted by Gasteiger charge is -2.49. The van der Waals surface area contributed by atoms with Crippen molar-refractivity contribution in [2.75, 3.05) is 0 Å². The van der Waals surface area contributed by atoms with E-state index < -0.39 is 87.6 Å². The number of phenolic OH excluding ortho intramolecular Hbond substituents is 1. The number of ketones is 3. The van der Waals surface area contributed by atoms with Crippen molar-refractivity contribution in [3.63, 3.8) is 0 Å². The maximum absolute atomic E-state index is 13.7. The van der Waals surface area contributed by atoms with Crippen molar-refractivity contribution >= 4 is 35.0 Å². The average molecular weight is 507 g/mol. The standard InChI is InChI=1S/C26H21NO10/c27-25(35)17-14(29)9-12-22(37-15(30)8-10-4-1-2-5-10)18-19(24(34)26(12,36)23(17)33)21(32)16-11(20(18)31)6-3-7-13(16)28/h1-4,6-7,12,18,22,28,32-33,36H,5,8-9H2,(H2,27,35)/t12-,18+,22-,26-/m1/s1. The van der Waals surface area contributed by atoms with E-state index in [9.17, 15) is 44.4 Å². The first-order valence-corrected chi connectivity index (χ1v) is 11.4. The van der Waals surface area contributed by atoms with Gasteiger partial charge in [0.2, 0.25) is 5.78 Å². The van der Waals surface area contributed by atoms with Gasteiger partial charge in [0.25, 0.3) is 5.91 Å². The number of amides is 1. The number of Topliss-reactive ketones (excluding diaryl/α,β-unsaturated/α-hetero) is 3. The minimum Gasteiger partial charge on any atom is -0.508 e. The number of aliphatic hydroxyl groups excluding tert-OH is 2. The van der Waals surface area contributed by atoms with Gasteiger partial charge in [-0.15, -0.1) is 0 Å². The Hall–Kier alpha value is -4.51. The second-order valence-electron chi connectivity index (χ2n) is 9.31. The number of primary amides is 1. The SMILES string of the molecule is NC(=O)C1=C(O)[C@@]2(O)C(=O)C3=C(O)c4c(O)cccc4C(=O)[C@H]3[C@H](OC(=O)CC3=CC=CC3)[C@H]2CC1=O. The molecule has 5 rings (SSSR count). The van der Waals surface area contributed by atoms with E-state index in [1.807, 2.05) is 6.08 Å². The molecule has 0 saturated heterocycles. The molecule has 6 N–H and O–H groups in total. The molecule has 0 spiro atoms. The lowest BCUT2D eigenvalue weighted by atomic mass is 9.57. The van der Waals surface area contributed by atoms with E-state index in [4.69, 9.17) is 10.5 Å². The fraction of sp³-hybridized carbons (Fsp3) is 0.269. The number of nitrogens with two attached hydrogens (primary N) is 1. The van der Waals surface area contributed by atoms with Gasteiger partial charge in [0.1, 0.15) is 28.9 Å². The molecule has 37 heavy (non-hydrogen) atoms. The minimum atomic E-state index is -3.03. The molecule has 0 unspecified atom stereocenters. The van der Waals surface area contributed by atoms with Crippen LogP contribution in [0.2, 0.25) is 0 Å². The van der Waals surface area contributed by atoms with Gasteiger partial charge in [0, 0.05) is 17.9 Å². The molecule has 4 atom stereocenters. The Labute approximate surface area is 208 Å². The Morgan fingerprint density at radius 2 is 1.86 bits per heavy atom. The number of hydrogen-bond donors (Lipinski definition) is 5. The van der Waals surface area contributed by atoms with E-state index in [1.54, 1.807) is 12.2 Å². The van der Waals surface area contributed by atoms with Crippen molar-refractivity contribution in [1.82, 2.24) is 0 Å². The van der Waals surface area contributed by atoms with Crippen LogP contribution in [0.1, 0.15) is 35.2 Å². The predicted molar refractivity (Wildman–Crippen MR) is 124 cm³/mol. The zero-order chi connectivity index (χ0) is 26.8. The predicted octanol–water partition coefficient (Wildman–Crippen LogP) is 0.862. The third kappa shape index (κ3) is 3.34. The van der Waals surface area contributed by atoms with Crippen molar-refractivity contribution < 1.29 is 49.1 Å². The normalized spacial score (nSPS) is 28.5. The first-order valence-electron chi connectivity index (χ1n) is 11.4. The first-order chi connectivity index (χ1) is 17.5. The number of esters is 1. The highest BCUT2D eigenvalue weighted by molar-refractivity contribution is 6.25. The Morgan fingerprint density at radius 1 is 1.14 bits per heavy atom. The summed E-state index contributed by atoms with van der Waals surface area (Å²) in [5.41, 5.74) is 0.559. The van der Waals surface area contributed by atoms with Gasteiger partial charge in [-0.05, 0) is 12.5 Å². The van der Waals surface area contributed by atoms with Crippen molar-refractivity contribution in [3.8, 4) is 5.75 Å². The summed E-state index contributed by atoms with van der Waals surface area (Å²) in [6, 6.07) is 3.79. The van der Waals surface area contributed by atoms with Crippen LogP contribution in [0.15, 0.2) is 58.9 Å². The molecule has 1 saturated carbocycles. The van der Waals surface area contributed by atoms with Crippen LogP contribution >= 0.6 is 0 Å². The van der Waals surface area contributed by atoms with Crippen molar-refractivity contribution in [2.24, 2.45) is 17.6 Å². The van der Waals surface area contributed by atoms with Gasteiger partial charge in [-0.25, -0.2) is 0 Å². The van der Waals surface area contributed by atoms with Crippen LogP contribution in [0.4, 0.5) is 0 Å². The molecule has 190 valence electrons. The Bertz CT molecular complexity index is 1440. The third-order valence-electron chi connectivity index (χ3n) is 7.26. The van der Waals surface area contributed by atoms with Crippen molar-refractivity contribution in [1.29, 1.82) is 0 Å². The first kappa shape index (κ1) is 24.2. The van der Waals surface area contributed by atoms with Gasteiger partial charge in [0.05, 0.1) is 23.5 Å². The smallest absolute Gasteiger partial charge is 0.310 e. The van der Waals surface area contributed by atoms with Crippen LogP contribution in [0.25, 0.3) is 5.76 Å². The lowest BCUT2D eigenvalue weighted by Crippen LogP contribution is -2.65. The molecule has 1 aromatic rings. The van der Waals surface area contributed by atoms with Gasteiger partial charge in [-0.2, -0.15) is 0 Å². The largest absolute Gasteiger partial charge is 0.508 e. The highest BCUT2D eigenvalue weighted by Gasteiger charge is 2.66. The summed E-state index contributed by atoms with van der Waals surface area (Å²) in [4.78, 5) is 64.8. The summed E-state index contributed by atoms with van der Waals surface area (Å²) in [5.74, 6) is -11.6. The molecule has 11 nitrogen and oxygen atoms in total. The molecule has 0 aliphatic heterocycles. The molecule has 4 aliphatic carbocycles. The molecule has 11 heteroatoms. The number of benzene rings is 1. The van der Waals surface area contributed by atoms with E-state index in [0.717, 1.165) is 6.07 Å². The van der Waals surface area contributed by atoms with Gasteiger partial charge >= 0.3 is 5.97 Å². The van der Waals surface area contributed by atoms with Gasteiger partial charge in [-0.3, -0.25) is 24.0 Å². The summed E-state index contributed by atoms with van der Waals surface area (Å²) in [7, 11) is 0. The lowest BCUT2D eigenvalue weighted by molar-refractivity contribution is -0.175. The zero-order valence-corrected chi connectivity index (χ0v) is 19.1. The van der Waals surface area contributed by atoms with Crippen molar-refractivity contribution in [3.05, 3.63) is 70.0 Å². The van der Waals surface area contributed by atoms with Crippen LogP contribution < -0.4 is 5.73 Å². The summed E-state index contributed by atoms with van der Waals surface area (Å²) in [5, 5.41) is 43.7. The van der Waals surface area contributed by atoms with E-state index in [2.05, 4.69) is 0 Å². The second kappa shape index (κ2) is 8.27. The summed E-state index contributed by atoms with van der Waals surface area (Å²) in [6.07, 6.45) is 3.05. The fourth-order valence-electron chi connectivity index (χ4n) is 5.56. The van der Waals surface area contributed by atoms with Crippen molar-refractivity contribution in [2.45, 2.75) is 31.0 Å². The van der Waals surface area contributed by atoms with Crippen LogP contribution in [-0.4, -0.2) is 61.4 Å². The molecule has 1 fully saturated rings. The highest BCUT2D eigenvalue weighted by Crippen LogP contribution is 2.53. The Kier molecular flexibility index (Phi) is 5.41. The molecule has 4 aliphatic rings. The van der Waals surface area contributed by atoms with E-state index in [1.165, 1.54) is 12.1 Å². The molecule has 0 heterocycles. The second-order valence-corrected chi connectivity index (χ2v) is 9.31. The molecule has 0 radical (unpaired) electrons. The molecule has 1 aromatic carbocycles. The number of ether oxygens (including phenoxy) is 1. The number of hydrogen-bond acceptors (Lipinski definition) is 10. The number of carbonyl (C=O) groups is 5.